The summed E-state index contributed by atoms with van der Waals surface area (Å²) in [5.74, 6) is 7.75. The first-order valence-corrected chi connectivity index (χ1v) is 9.82. The third-order valence-electron chi connectivity index (χ3n) is 5.36. The van der Waals surface area contributed by atoms with Gasteiger partial charge in [0.25, 0.3) is 5.56 Å². The van der Waals surface area contributed by atoms with Crippen molar-refractivity contribution in [2.45, 2.75) is 20.1 Å². The predicted octanol–water partition coefficient (Wildman–Crippen LogP) is 2.05. The van der Waals surface area contributed by atoms with Crippen LogP contribution in [0.15, 0.2) is 47.7 Å². The molecule has 0 bridgehead atoms. The molecule has 1 aromatic carbocycles. The van der Waals surface area contributed by atoms with E-state index in [-0.39, 0.29) is 5.56 Å². The Bertz CT molecular complexity index is 1430. The lowest BCUT2D eigenvalue weighted by Gasteiger charge is -2.08. The van der Waals surface area contributed by atoms with Crippen LogP contribution in [0.3, 0.4) is 0 Å². The molecule has 1 aliphatic rings. The molecule has 0 fully saturated rings. The lowest BCUT2D eigenvalue weighted by molar-refractivity contribution is 0.174. The maximum absolute atomic E-state index is 11.9. The van der Waals surface area contributed by atoms with Crippen molar-refractivity contribution < 1.29 is 4.74 Å². The zero-order valence-corrected chi connectivity index (χ0v) is 17.5. The van der Waals surface area contributed by atoms with Gasteiger partial charge in [-0.1, -0.05) is 17.6 Å². The van der Waals surface area contributed by atoms with Crippen LogP contribution in [-0.2, 0) is 24.9 Å². The maximum Gasteiger partial charge on any atom is 0.251 e. The van der Waals surface area contributed by atoms with E-state index in [1.807, 2.05) is 15.2 Å². The molecule has 1 aliphatic heterocycles. The molecule has 3 aromatic heterocycles. The van der Waals surface area contributed by atoms with E-state index in [0.29, 0.717) is 24.4 Å². The van der Waals surface area contributed by atoms with Crippen molar-refractivity contribution in [1.82, 2.24) is 28.9 Å². The fourth-order valence-electron chi connectivity index (χ4n) is 3.72. The smallest absolute Gasteiger partial charge is 0.251 e. The monoisotopic (exact) mass is 412 g/mol. The molecule has 4 heterocycles. The van der Waals surface area contributed by atoms with Gasteiger partial charge in [0, 0.05) is 37.5 Å². The number of hydrogen-bond acceptors (Lipinski definition) is 5. The first-order chi connectivity index (χ1) is 15.0. The second-order valence-electron chi connectivity index (χ2n) is 7.50. The van der Waals surface area contributed by atoms with Crippen LogP contribution >= 0.6 is 0 Å². The highest BCUT2D eigenvalue weighted by Crippen LogP contribution is 2.33. The number of pyridine rings is 1. The minimum Gasteiger partial charge on any atom is -0.377 e. The number of hydrogen-bond donors (Lipinski definition) is 0. The normalized spacial score (nSPS) is 11.7. The van der Waals surface area contributed by atoms with Crippen molar-refractivity contribution in [3.05, 3.63) is 81.5 Å². The highest BCUT2D eigenvalue weighted by molar-refractivity contribution is 5.70. The third-order valence-corrected chi connectivity index (χ3v) is 5.36. The predicted molar refractivity (Wildman–Crippen MR) is 115 cm³/mol. The van der Waals surface area contributed by atoms with Crippen LogP contribution in [0, 0.1) is 18.8 Å². The fourth-order valence-corrected chi connectivity index (χ4v) is 3.72. The van der Waals surface area contributed by atoms with Gasteiger partial charge in [0.1, 0.15) is 18.6 Å². The SMILES string of the molecule is COCc1nnc2n1Cc1c(C#Cc3ccn(C)c(=O)c3)ncn1-c1ccc(C)cc1-2. The highest BCUT2D eigenvalue weighted by Gasteiger charge is 2.25. The minimum absolute atomic E-state index is 0.0990. The van der Waals surface area contributed by atoms with Crippen LogP contribution < -0.4 is 5.56 Å². The van der Waals surface area contributed by atoms with Crippen LogP contribution in [0.5, 0.6) is 0 Å². The van der Waals surface area contributed by atoms with Crippen LogP contribution in [0.4, 0.5) is 0 Å². The van der Waals surface area contributed by atoms with Gasteiger partial charge in [0.15, 0.2) is 11.6 Å². The van der Waals surface area contributed by atoms with E-state index in [1.165, 1.54) is 10.6 Å². The molecule has 0 saturated carbocycles. The quantitative estimate of drug-likeness (QED) is 0.415. The van der Waals surface area contributed by atoms with Crippen molar-refractivity contribution in [2.24, 2.45) is 7.05 Å². The second kappa shape index (κ2) is 7.38. The van der Waals surface area contributed by atoms with Crippen molar-refractivity contribution >= 4 is 0 Å². The first kappa shape index (κ1) is 19.0. The summed E-state index contributed by atoms with van der Waals surface area (Å²) in [6.07, 6.45) is 3.49. The summed E-state index contributed by atoms with van der Waals surface area (Å²) in [6, 6.07) is 9.57. The van der Waals surface area contributed by atoms with E-state index >= 15 is 0 Å². The third kappa shape index (κ3) is 3.25. The second-order valence-corrected chi connectivity index (χ2v) is 7.50. The van der Waals surface area contributed by atoms with Gasteiger partial charge in [-0.25, -0.2) is 4.98 Å². The van der Waals surface area contributed by atoms with E-state index in [9.17, 15) is 4.79 Å². The minimum atomic E-state index is -0.0990. The average molecular weight is 412 g/mol. The van der Waals surface area contributed by atoms with Crippen LogP contribution in [0.2, 0.25) is 0 Å². The number of fused-ring (bicyclic) bond motifs is 5. The average Bonchev–Trinajstić information content (AvgIpc) is 3.30. The van der Waals surface area contributed by atoms with Gasteiger partial charge >= 0.3 is 0 Å². The Balaban J connectivity index is 1.67. The highest BCUT2D eigenvalue weighted by atomic mass is 16.5. The number of aryl methyl sites for hydroxylation is 2. The van der Waals surface area contributed by atoms with Gasteiger partial charge in [0.2, 0.25) is 0 Å². The number of aromatic nitrogens is 6. The number of nitrogens with zero attached hydrogens (tertiary/aromatic N) is 6. The van der Waals surface area contributed by atoms with Gasteiger partial charge < -0.3 is 13.9 Å². The van der Waals surface area contributed by atoms with Gasteiger partial charge in [-0.2, -0.15) is 0 Å². The summed E-state index contributed by atoms with van der Waals surface area (Å²) >= 11 is 0. The molecule has 8 nitrogen and oxygen atoms in total. The summed E-state index contributed by atoms with van der Waals surface area (Å²) in [4.78, 5) is 16.5. The lowest BCUT2D eigenvalue weighted by Crippen LogP contribution is -2.14. The number of ether oxygens (including phenoxy) is 1. The Labute approximate surface area is 178 Å². The molecule has 0 aliphatic carbocycles. The van der Waals surface area contributed by atoms with E-state index in [1.54, 1.807) is 26.7 Å². The first-order valence-electron chi connectivity index (χ1n) is 9.82. The maximum atomic E-state index is 11.9. The number of benzene rings is 1. The molecular formula is C23H20N6O2. The molecule has 0 unspecified atom stereocenters. The molecule has 5 rings (SSSR count). The molecule has 31 heavy (non-hydrogen) atoms. The largest absolute Gasteiger partial charge is 0.377 e. The number of methoxy groups -OCH3 is 1. The topological polar surface area (TPSA) is 79.8 Å². The molecule has 154 valence electrons. The molecule has 4 aromatic rings. The van der Waals surface area contributed by atoms with Crippen LogP contribution in [0.1, 0.15) is 28.3 Å². The Morgan fingerprint density at radius 3 is 2.84 bits per heavy atom. The van der Waals surface area contributed by atoms with E-state index < -0.39 is 0 Å². The van der Waals surface area contributed by atoms with Crippen molar-refractivity contribution in [3.63, 3.8) is 0 Å². The van der Waals surface area contributed by atoms with E-state index in [4.69, 9.17) is 4.74 Å². The zero-order valence-electron chi connectivity index (χ0n) is 17.5. The molecule has 0 spiro atoms. The van der Waals surface area contributed by atoms with Gasteiger partial charge in [-0.15, -0.1) is 10.2 Å². The molecule has 0 atom stereocenters. The van der Waals surface area contributed by atoms with Crippen LogP contribution in [-0.4, -0.2) is 36.0 Å². The number of imidazole rings is 1. The fraction of sp³-hybridized carbons (Fsp3) is 0.217. The molecule has 8 heteroatoms. The zero-order chi connectivity index (χ0) is 21.5. The van der Waals surface area contributed by atoms with Crippen molar-refractivity contribution in [1.29, 1.82) is 0 Å². The Morgan fingerprint density at radius 1 is 1.16 bits per heavy atom. The summed E-state index contributed by atoms with van der Waals surface area (Å²) in [5, 5.41) is 8.79. The summed E-state index contributed by atoms with van der Waals surface area (Å²) in [5.41, 5.74) is 5.23. The van der Waals surface area contributed by atoms with Crippen molar-refractivity contribution in [3.8, 4) is 28.9 Å². The van der Waals surface area contributed by atoms with Gasteiger partial charge in [0.05, 0.1) is 17.9 Å². The van der Waals surface area contributed by atoms with Gasteiger partial charge in [-0.3, -0.25) is 9.36 Å². The molecule has 0 amide bonds. The van der Waals surface area contributed by atoms with Crippen LogP contribution in [0.25, 0.3) is 17.1 Å². The summed E-state index contributed by atoms with van der Waals surface area (Å²) in [6.45, 7) is 2.92. The standard InChI is InChI=1S/C23H20N6O2/c1-15-4-7-19-17(10-15)23-26-25-21(13-31-3)28(23)12-20-18(24-14-29(19)20)6-5-16-8-9-27(2)22(30)11-16/h4,7-11,14H,12-13H2,1-3H3. The van der Waals surface area contributed by atoms with Crippen molar-refractivity contribution in [2.75, 3.05) is 7.11 Å². The summed E-state index contributed by atoms with van der Waals surface area (Å²) in [7, 11) is 3.35. The summed E-state index contributed by atoms with van der Waals surface area (Å²) < 4.78 is 10.9. The molecule has 0 saturated heterocycles. The Kier molecular flexibility index (Phi) is 4.53. The molecular weight excluding hydrogens is 392 g/mol. The van der Waals surface area contributed by atoms with E-state index in [2.05, 4.69) is 52.1 Å². The Hall–Kier alpha value is -3.96. The molecule has 0 radical (unpaired) electrons. The lowest BCUT2D eigenvalue weighted by atomic mass is 10.1. The van der Waals surface area contributed by atoms with E-state index in [0.717, 1.165) is 34.2 Å². The Morgan fingerprint density at radius 2 is 2.03 bits per heavy atom. The molecule has 0 N–H and O–H groups in total. The van der Waals surface area contributed by atoms with Gasteiger partial charge in [-0.05, 0) is 31.0 Å². The number of rotatable bonds is 2.